The van der Waals surface area contributed by atoms with Gasteiger partial charge in [-0.1, -0.05) is 19.8 Å². The van der Waals surface area contributed by atoms with Crippen LogP contribution in [0.2, 0.25) is 0 Å². The first-order valence-corrected chi connectivity index (χ1v) is 7.60. The number of rotatable bonds is 8. The molecule has 0 aromatic heterocycles. The third-order valence-corrected chi connectivity index (χ3v) is 4.18. The maximum Gasteiger partial charge on any atom is 0.0899 e. The topological polar surface area (TPSA) is 52.9 Å². The third-order valence-electron chi connectivity index (χ3n) is 4.18. The molecular weight excluding hydrogens is 242 g/mol. The fourth-order valence-corrected chi connectivity index (χ4v) is 3.29. The first-order valence-electron chi connectivity index (χ1n) is 7.60. The fraction of sp³-hybridized carbons (Fsp3) is 1.00. The molecule has 1 saturated carbocycles. The molecule has 0 spiro atoms. The first-order chi connectivity index (χ1) is 9.06. The second-order valence-corrected chi connectivity index (χ2v) is 6.13. The number of ether oxygens (including phenoxy) is 1. The van der Waals surface area contributed by atoms with E-state index in [1.165, 1.54) is 19.3 Å². The minimum atomic E-state index is -0.442. The van der Waals surface area contributed by atoms with E-state index in [1.807, 2.05) is 7.05 Å². The van der Waals surface area contributed by atoms with Gasteiger partial charge in [0, 0.05) is 20.2 Å². The Morgan fingerprint density at radius 2 is 2.11 bits per heavy atom. The molecule has 1 fully saturated rings. The van der Waals surface area contributed by atoms with Crippen molar-refractivity contribution in [1.82, 2.24) is 4.90 Å². The molecule has 114 valence electrons. The zero-order valence-electron chi connectivity index (χ0n) is 12.7. The molecule has 1 aliphatic carbocycles. The Labute approximate surface area is 117 Å². The molecule has 2 N–H and O–H groups in total. The van der Waals surface area contributed by atoms with Gasteiger partial charge in [-0.3, -0.25) is 0 Å². The predicted octanol–water partition coefficient (Wildman–Crippen LogP) is 1.50. The number of aliphatic hydroxyl groups excluding tert-OH is 2. The molecule has 19 heavy (non-hydrogen) atoms. The SMILES string of the molecule is CCCC1CCC(O)C(CN(C)CC(O)COC)C1. The van der Waals surface area contributed by atoms with Crippen LogP contribution in [0.3, 0.4) is 0 Å². The maximum atomic E-state index is 10.1. The van der Waals surface area contributed by atoms with E-state index in [9.17, 15) is 10.2 Å². The maximum absolute atomic E-state index is 10.1. The Morgan fingerprint density at radius 1 is 1.37 bits per heavy atom. The van der Waals surface area contributed by atoms with Gasteiger partial charge in [-0.05, 0) is 38.1 Å². The summed E-state index contributed by atoms with van der Waals surface area (Å²) < 4.78 is 4.94. The van der Waals surface area contributed by atoms with Gasteiger partial charge in [-0.15, -0.1) is 0 Å². The van der Waals surface area contributed by atoms with Crippen LogP contribution in [-0.4, -0.2) is 61.2 Å². The zero-order chi connectivity index (χ0) is 14.3. The molecule has 0 aliphatic heterocycles. The average Bonchev–Trinajstić information content (AvgIpc) is 2.34. The van der Waals surface area contributed by atoms with Crippen molar-refractivity contribution in [3.63, 3.8) is 0 Å². The summed E-state index contributed by atoms with van der Waals surface area (Å²) in [5, 5.41) is 19.8. The van der Waals surface area contributed by atoms with E-state index < -0.39 is 6.10 Å². The lowest BCUT2D eigenvalue weighted by Crippen LogP contribution is -2.40. The summed E-state index contributed by atoms with van der Waals surface area (Å²) in [7, 11) is 3.61. The molecule has 1 rings (SSSR count). The molecule has 1 aliphatic rings. The van der Waals surface area contributed by atoms with E-state index in [2.05, 4.69) is 11.8 Å². The lowest BCUT2D eigenvalue weighted by atomic mass is 9.77. The molecule has 0 amide bonds. The number of aliphatic hydroxyl groups is 2. The van der Waals surface area contributed by atoms with Crippen molar-refractivity contribution in [2.75, 3.05) is 33.9 Å². The molecule has 4 heteroatoms. The van der Waals surface area contributed by atoms with Crippen LogP contribution < -0.4 is 0 Å². The predicted molar refractivity (Wildman–Crippen MR) is 77.1 cm³/mol. The molecule has 4 nitrogen and oxygen atoms in total. The largest absolute Gasteiger partial charge is 0.393 e. The van der Waals surface area contributed by atoms with Gasteiger partial charge in [0.1, 0.15) is 0 Å². The number of hydrogen-bond donors (Lipinski definition) is 2. The minimum Gasteiger partial charge on any atom is -0.393 e. The molecule has 4 unspecified atom stereocenters. The van der Waals surface area contributed by atoms with Crippen LogP contribution in [0.1, 0.15) is 39.0 Å². The standard InChI is InChI=1S/C15H31NO3/c1-4-5-12-6-7-15(18)13(8-12)9-16(2)10-14(17)11-19-3/h12-15,17-18H,4-11H2,1-3H3. The lowest BCUT2D eigenvalue weighted by molar-refractivity contribution is 0.00920. The molecular formula is C15H31NO3. The number of nitrogens with zero attached hydrogens (tertiary/aromatic N) is 1. The summed E-state index contributed by atoms with van der Waals surface area (Å²) >= 11 is 0. The lowest BCUT2D eigenvalue weighted by Gasteiger charge is -2.36. The molecule has 0 aromatic carbocycles. The van der Waals surface area contributed by atoms with Crippen LogP contribution in [0, 0.1) is 11.8 Å². The van der Waals surface area contributed by atoms with E-state index in [1.54, 1.807) is 7.11 Å². The van der Waals surface area contributed by atoms with Gasteiger partial charge < -0.3 is 19.8 Å². The fourth-order valence-electron chi connectivity index (χ4n) is 3.29. The average molecular weight is 273 g/mol. The third kappa shape index (κ3) is 6.21. The highest BCUT2D eigenvalue weighted by molar-refractivity contribution is 4.81. The second kappa shape index (κ2) is 8.90. The van der Waals surface area contributed by atoms with Crippen molar-refractivity contribution < 1.29 is 14.9 Å². The Balaban J connectivity index is 2.35. The number of hydrogen-bond acceptors (Lipinski definition) is 4. The molecule has 0 aromatic rings. The van der Waals surface area contributed by atoms with E-state index in [-0.39, 0.29) is 6.10 Å². The van der Waals surface area contributed by atoms with Crippen LogP contribution in [0.5, 0.6) is 0 Å². The van der Waals surface area contributed by atoms with Gasteiger partial charge in [-0.2, -0.15) is 0 Å². The van der Waals surface area contributed by atoms with Gasteiger partial charge in [-0.25, -0.2) is 0 Å². The van der Waals surface area contributed by atoms with Crippen molar-refractivity contribution in [2.24, 2.45) is 11.8 Å². The second-order valence-electron chi connectivity index (χ2n) is 6.13. The normalized spacial score (nSPS) is 29.7. The van der Waals surface area contributed by atoms with E-state index >= 15 is 0 Å². The van der Waals surface area contributed by atoms with Crippen molar-refractivity contribution in [3.05, 3.63) is 0 Å². The Bertz CT molecular complexity index is 237. The van der Waals surface area contributed by atoms with Crippen molar-refractivity contribution in [1.29, 1.82) is 0 Å². The highest BCUT2D eigenvalue weighted by atomic mass is 16.5. The number of likely N-dealkylation sites (N-methyl/N-ethyl adjacent to an activating group) is 1. The molecule has 0 heterocycles. The highest BCUT2D eigenvalue weighted by Gasteiger charge is 2.29. The summed E-state index contributed by atoms with van der Waals surface area (Å²) in [5.74, 6) is 1.13. The van der Waals surface area contributed by atoms with Crippen LogP contribution in [0.15, 0.2) is 0 Å². The number of methoxy groups -OCH3 is 1. The molecule has 0 radical (unpaired) electrons. The van der Waals surface area contributed by atoms with Crippen LogP contribution in [0.4, 0.5) is 0 Å². The molecule has 0 bridgehead atoms. The van der Waals surface area contributed by atoms with E-state index in [4.69, 9.17) is 4.74 Å². The Hall–Kier alpha value is -0.160. The quantitative estimate of drug-likeness (QED) is 0.704. The summed E-state index contributed by atoms with van der Waals surface area (Å²) in [6, 6.07) is 0. The van der Waals surface area contributed by atoms with Gasteiger partial charge in [0.05, 0.1) is 18.8 Å². The monoisotopic (exact) mass is 273 g/mol. The van der Waals surface area contributed by atoms with Gasteiger partial charge in [0.25, 0.3) is 0 Å². The first kappa shape index (κ1) is 16.9. The Kier molecular flexibility index (Phi) is 7.91. The summed E-state index contributed by atoms with van der Waals surface area (Å²) in [4.78, 5) is 2.12. The van der Waals surface area contributed by atoms with Crippen LogP contribution in [-0.2, 0) is 4.74 Å². The highest BCUT2D eigenvalue weighted by Crippen LogP contribution is 2.32. The van der Waals surface area contributed by atoms with E-state index in [0.717, 1.165) is 25.3 Å². The van der Waals surface area contributed by atoms with Crippen molar-refractivity contribution in [3.8, 4) is 0 Å². The minimum absolute atomic E-state index is 0.171. The van der Waals surface area contributed by atoms with Crippen molar-refractivity contribution >= 4 is 0 Å². The van der Waals surface area contributed by atoms with Crippen LogP contribution >= 0.6 is 0 Å². The zero-order valence-corrected chi connectivity index (χ0v) is 12.7. The summed E-state index contributed by atoms with van der Waals surface area (Å²) in [6.07, 6.45) is 5.12. The molecule has 0 saturated heterocycles. The van der Waals surface area contributed by atoms with Crippen LogP contribution in [0.25, 0.3) is 0 Å². The smallest absolute Gasteiger partial charge is 0.0899 e. The van der Waals surface area contributed by atoms with Gasteiger partial charge in [0.15, 0.2) is 0 Å². The van der Waals surface area contributed by atoms with Gasteiger partial charge >= 0.3 is 0 Å². The van der Waals surface area contributed by atoms with E-state index in [0.29, 0.717) is 19.1 Å². The van der Waals surface area contributed by atoms with Gasteiger partial charge in [0.2, 0.25) is 0 Å². The summed E-state index contributed by atoms with van der Waals surface area (Å²) in [6.45, 7) is 4.07. The Morgan fingerprint density at radius 3 is 2.74 bits per heavy atom. The van der Waals surface area contributed by atoms with Crippen molar-refractivity contribution in [2.45, 2.75) is 51.2 Å². The summed E-state index contributed by atoms with van der Waals surface area (Å²) in [5.41, 5.74) is 0. The molecule has 4 atom stereocenters.